The highest BCUT2D eigenvalue weighted by Gasteiger charge is 2.67. The van der Waals surface area contributed by atoms with E-state index in [0.717, 1.165) is 17.5 Å². The van der Waals surface area contributed by atoms with Crippen molar-refractivity contribution in [1.29, 1.82) is 0 Å². The van der Waals surface area contributed by atoms with Crippen molar-refractivity contribution < 1.29 is 14.4 Å². The van der Waals surface area contributed by atoms with E-state index in [0.29, 0.717) is 17.5 Å². The van der Waals surface area contributed by atoms with Crippen LogP contribution >= 0.6 is 0 Å². The highest BCUT2D eigenvalue weighted by Crippen LogP contribution is 2.65. The number of hydrogen-bond donors (Lipinski definition) is 1. The van der Waals surface area contributed by atoms with Crippen LogP contribution in [0.25, 0.3) is 0 Å². The number of imide groups is 1. The van der Waals surface area contributed by atoms with E-state index in [-0.39, 0.29) is 41.4 Å². The minimum Gasteiger partial charge on any atom is -0.324 e. The summed E-state index contributed by atoms with van der Waals surface area (Å²) in [4.78, 5) is 40.2. The number of aryl methyl sites for hydroxylation is 2. The van der Waals surface area contributed by atoms with Crippen molar-refractivity contribution in [1.82, 2.24) is 4.90 Å². The van der Waals surface area contributed by atoms with Gasteiger partial charge in [-0.1, -0.05) is 18.2 Å². The predicted octanol–water partition coefficient (Wildman–Crippen LogP) is 2.68. The number of anilines is 1. The second-order valence-electron chi connectivity index (χ2n) is 8.74. The van der Waals surface area contributed by atoms with Gasteiger partial charge in [0.2, 0.25) is 17.7 Å². The van der Waals surface area contributed by atoms with Crippen LogP contribution in [0.4, 0.5) is 5.69 Å². The Morgan fingerprint density at radius 2 is 1.52 bits per heavy atom. The van der Waals surface area contributed by atoms with Gasteiger partial charge in [-0.3, -0.25) is 19.3 Å². The van der Waals surface area contributed by atoms with Crippen molar-refractivity contribution in [3.8, 4) is 0 Å². The van der Waals surface area contributed by atoms with Gasteiger partial charge in [0.1, 0.15) is 6.04 Å². The smallest absolute Gasteiger partial charge is 0.247 e. The van der Waals surface area contributed by atoms with E-state index in [9.17, 15) is 14.4 Å². The molecule has 2 bridgehead atoms. The fourth-order valence-electron chi connectivity index (χ4n) is 5.77. The molecule has 5 aliphatic rings. The van der Waals surface area contributed by atoms with Gasteiger partial charge in [-0.25, -0.2) is 0 Å². The van der Waals surface area contributed by atoms with E-state index in [4.69, 9.17) is 0 Å². The van der Waals surface area contributed by atoms with Crippen LogP contribution in [-0.2, 0) is 14.4 Å². The topological polar surface area (TPSA) is 66.5 Å². The minimum atomic E-state index is -0.799. The van der Waals surface area contributed by atoms with E-state index in [1.165, 1.54) is 4.90 Å². The molecule has 27 heavy (non-hydrogen) atoms. The molecule has 0 spiro atoms. The number of amides is 3. The summed E-state index contributed by atoms with van der Waals surface area (Å²) in [5, 5.41) is 2.88. The van der Waals surface area contributed by atoms with Crippen LogP contribution in [0.3, 0.4) is 0 Å². The number of carbonyl (C=O) groups is 3. The lowest BCUT2D eigenvalue weighted by atomic mass is 9.63. The average molecular weight is 364 g/mol. The lowest BCUT2D eigenvalue weighted by Crippen LogP contribution is -2.46. The summed E-state index contributed by atoms with van der Waals surface area (Å²) in [7, 11) is 0. The summed E-state index contributed by atoms with van der Waals surface area (Å²) >= 11 is 0. The van der Waals surface area contributed by atoms with Crippen molar-refractivity contribution in [2.45, 2.75) is 33.2 Å². The molecule has 0 radical (unpaired) electrons. The molecular weight excluding hydrogens is 340 g/mol. The summed E-state index contributed by atoms with van der Waals surface area (Å²) in [6, 6.07) is 5.02. The van der Waals surface area contributed by atoms with E-state index in [1.807, 2.05) is 32.0 Å². The molecule has 140 valence electrons. The Morgan fingerprint density at radius 1 is 1.00 bits per heavy atom. The van der Waals surface area contributed by atoms with Crippen LogP contribution in [-0.4, -0.2) is 28.7 Å². The highest BCUT2D eigenvalue weighted by atomic mass is 16.2. The molecule has 0 aromatic heterocycles. The van der Waals surface area contributed by atoms with Crippen molar-refractivity contribution >= 4 is 23.4 Å². The van der Waals surface area contributed by atoms with Crippen molar-refractivity contribution in [3.63, 3.8) is 0 Å². The van der Waals surface area contributed by atoms with Gasteiger partial charge in [0.05, 0.1) is 11.8 Å². The van der Waals surface area contributed by atoms with Crippen molar-refractivity contribution in [3.05, 3.63) is 41.5 Å². The average Bonchev–Trinajstić information content (AvgIpc) is 3.38. The van der Waals surface area contributed by atoms with Gasteiger partial charge in [-0.05, 0) is 74.1 Å². The third-order valence-corrected chi connectivity index (χ3v) is 6.95. The number of benzene rings is 1. The van der Waals surface area contributed by atoms with E-state index in [1.54, 1.807) is 6.92 Å². The van der Waals surface area contributed by atoms with E-state index >= 15 is 0 Å². The third-order valence-electron chi connectivity index (χ3n) is 6.95. The molecule has 0 unspecified atom stereocenters. The van der Waals surface area contributed by atoms with Crippen molar-refractivity contribution in [2.75, 3.05) is 5.32 Å². The largest absolute Gasteiger partial charge is 0.324 e. The van der Waals surface area contributed by atoms with Gasteiger partial charge in [0, 0.05) is 5.69 Å². The molecule has 4 aliphatic carbocycles. The maximum absolute atomic E-state index is 13.1. The summed E-state index contributed by atoms with van der Waals surface area (Å²) in [6.07, 6.45) is 5.43. The van der Waals surface area contributed by atoms with Gasteiger partial charge < -0.3 is 5.32 Å². The summed E-state index contributed by atoms with van der Waals surface area (Å²) in [6.45, 7) is 5.60. The zero-order chi connectivity index (χ0) is 19.0. The standard InChI is InChI=1S/C22H24N2O3/c1-10-6-11(2)8-13(7-10)23-20(25)12(3)24-21(26)18-14-4-5-15(17-9-16(14)17)19(18)22(24)27/h4-8,12,14-19H,9H2,1-3H3,(H,23,25)/t12-,14-,15-,16-,17-,18+,19+/m0/s1. The highest BCUT2D eigenvalue weighted by molar-refractivity contribution is 6.10. The first kappa shape index (κ1) is 16.7. The van der Waals surface area contributed by atoms with Crippen molar-refractivity contribution in [2.24, 2.45) is 35.5 Å². The van der Waals surface area contributed by atoms with Crippen LogP contribution in [0.2, 0.25) is 0 Å². The molecule has 2 saturated carbocycles. The Morgan fingerprint density at radius 3 is 2.04 bits per heavy atom. The Balaban J connectivity index is 1.38. The molecule has 5 nitrogen and oxygen atoms in total. The van der Waals surface area contributed by atoms with Gasteiger partial charge in [-0.15, -0.1) is 0 Å². The number of allylic oxidation sites excluding steroid dienone is 2. The van der Waals surface area contributed by atoms with Crippen LogP contribution in [0.5, 0.6) is 0 Å². The fourth-order valence-corrected chi connectivity index (χ4v) is 5.77. The normalized spacial score (nSPS) is 36.5. The monoisotopic (exact) mass is 364 g/mol. The van der Waals surface area contributed by atoms with Gasteiger partial charge >= 0.3 is 0 Å². The number of likely N-dealkylation sites (tertiary alicyclic amines) is 1. The molecule has 3 fully saturated rings. The lowest BCUT2D eigenvalue weighted by molar-refractivity contribution is -0.146. The Labute approximate surface area is 158 Å². The first-order chi connectivity index (χ1) is 12.9. The maximum Gasteiger partial charge on any atom is 0.247 e. The second-order valence-corrected chi connectivity index (χ2v) is 8.74. The zero-order valence-corrected chi connectivity index (χ0v) is 15.8. The first-order valence-electron chi connectivity index (χ1n) is 9.81. The molecule has 1 N–H and O–H groups in total. The third kappa shape index (κ3) is 2.33. The molecule has 3 amide bonds. The quantitative estimate of drug-likeness (QED) is 0.662. The zero-order valence-electron chi connectivity index (χ0n) is 15.8. The van der Waals surface area contributed by atoms with Gasteiger partial charge in [0.15, 0.2) is 0 Å². The van der Waals surface area contributed by atoms with E-state index < -0.39 is 6.04 Å². The number of hydrogen-bond acceptors (Lipinski definition) is 3. The summed E-state index contributed by atoms with van der Waals surface area (Å²) in [5.41, 5.74) is 2.81. The SMILES string of the molecule is Cc1cc(C)cc(NC(=O)[C@H](C)N2C(=O)[C@@H]3[C@H]4C=C[C@@H]([C@@H]5C[C@@H]45)[C@H]3C2=O)c1. The Kier molecular flexibility index (Phi) is 3.43. The van der Waals surface area contributed by atoms with E-state index in [2.05, 4.69) is 17.5 Å². The molecule has 1 aromatic carbocycles. The number of nitrogens with one attached hydrogen (secondary N) is 1. The lowest BCUT2D eigenvalue weighted by Gasteiger charge is -2.37. The number of carbonyl (C=O) groups excluding carboxylic acids is 3. The fraction of sp³-hybridized carbons (Fsp3) is 0.500. The molecule has 6 rings (SSSR count). The number of nitrogens with zero attached hydrogens (tertiary/aromatic N) is 1. The molecule has 1 saturated heterocycles. The van der Waals surface area contributed by atoms with Crippen LogP contribution in [0, 0.1) is 49.4 Å². The molecule has 7 atom stereocenters. The van der Waals surface area contributed by atoms with Crippen LogP contribution < -0.4 is 5.32 Å². The summed E-state index contributed by atoms with van der Waals surface area (Å²) < 4.78 is 0. The van der Waals surface area contributed by atoms with Crippen LogP contribution in [0.15, 0.2) is 30.4 Å². The summed E-state index contributed by atoms with van der Waals surface area (Å²) in [5.74, 6) is 0.360. The maximum atomic E-state index is 13.1. The molecule has 1 heterocycles. The first-order valence-corrected chi connectivity index (χ1v) is 9.81. The number of rotatable bonds is 3. The van der Waals surface area contributed by atoms with Crippen LogP contribution in [0.1, 0.15) is 24.5 Å². The predicted molar refractivity (Wildman–Crippen MR) is 101 cm³/mol. The molecular formula is C22H24N2O3. The molecule has 1 aromatic rings. The van der Waals surface area contributed by atoms with Gasteiger partial charge in [-0.2, -0.15) is 0 Å². The minimum absolute atomic E-state index is 0.155. The Bertz CT molecular complexity index is 849. The molecule has 5 heteroatoms. The Hall–Kier alpha value is -2.43. The second kappa shape index (κ2) is 5.54. The molecule has 1 aliphatic heterocycles. The van der Waals surface area contributed by atoms with Gasteiger partial charge in [0.25, 0.3) is 0 Å².